The quantitative estimate of drug-likeness (QED) is 0.364. The second kappa shape index (κ2) is 8.74. The Morgan fingerprint density at radius 2 is 1.43 bits per heavy atom. The first-order valence-corrected chi connectivity index (χ1v) is 10.8. The molecule has 3 rings (SSSR count). The zero-order valence-electron chi connectivity index (χ0n) is 14.7. The van der Waals surface area contributed by atoms with E-state index >= 15 is 0 Å². The summed E-state index contributed by atoms with van der Waals surface area (Å²) in [5.41, 5.74) is 1.29. The van der Waals surface area contributed by atoms with Gasteiger partial charge >= 0.3 is 0 Å². The molecular weight excluding hydrogens is 415 g/mol. The molecule has 6 heteroatoms. The number of ketones is 1. The van der Waals surface area contributed by atoms with E-state index < -0.39 is 15.6 Å². The van der Waals surface area contributed by atoms with Crippen molar-refractivity contribution in [3.63, 3.8) is 0 Å². The molecule has 0 bridgehead atoms. The van der Waals surface area contributed by atoms with Gasteiger partial charge < -0.3 is 0 Å². The van der Waals surface area contributed by atoms with Crippen LogP contribution in [0, 0.1) is 0 Å². The van der Waals surface area contributed by atoms with E-state index in [0.29, 0.717) is 21.2 Å². The molecule has 0 aliphatic carbocycles. The number of sulfone groups is 1. The molecule has 0 spiro atoms. The lowest BCUT2D eigenvalue weighted by Crippen LogP contribution is -2.16. The average Bonchev–Trinajstić information content (AvgIpc) is 2.68. The molecule has 0 saturated heterocycles. The zero-order chi connectivity index (χ0) is 20.1. The predicted octanol–water partition coefficient (Wildman–Crippen LogP) is 5.83. The number of hydrogen-bond acceptors (Lipinski definition) is 3. The second-order valence-corrected chi connectivity index (χ2v) is 8.91. The van der Waals surface area contributed by atoms with Crippen LogP contribution in [-0.4, -0.2) is 14.2 Å². The van der Waals surface area contributed by atoms with E-state index in [0.717, 1.165) is 0 Å². The number of benzene rings is 3. The summed E-state index contributed by atoms with van der Waals surface area (Å²) in [6, 6.07) is 21.6. The molecule has 0 aliphatic heterocycles. The summed E-state index contributed by atoms with van der Waals surface area (Å²) in [5.74, 6) is -0.892. The van der Waals surface area contributed by atoms with Crippen LogP contribution >= 0.6 is 23.2 Å². The molecule has 142 valence electrons. The van der Waals surface area contributed by atoms with E-state index in [1.54, 1.807) is 66.7 Å². The van der Waals surface area contributed by atoms with Crippen LogP contribution in [0.15, 0.2) is 83.8 Å². The maximum atomic E-state index is 13.1. The second-order valence-electron chi connectivity index (χ2n) is 6.11. The van der Waals surface area contributed by atoms with E-state index in [-0.39, 0.29) is 16.2 Å². The maximum Gasteiger partial charge on any atom is 0.204 e. The molecule has 0 aliphatic rings. The van der Waals surface area contributed by atoms with Crippen LogP contribution in [-0.2, 0) is 15.6 Å². The summed E-state index contributed by atoms with van der Waals surface area (Å²) in [5, 5.41) is 0.819. The monoisotopic (exact) mass is 430 g/mol. The Morgan fingerprint density at radius 1 is 0.821 bits per heavy atom. The van der Waals surface area contributed by atoms with E-state index in [1.807, 2.05) is 0 Å². The average molecular weight is 431 g/mol. The molecule has 0 radical (unpaired) electrons. The Morgan fingerprint density at radius 3 is 2.07 bits per heavy atom. The normalized spacial score (nSPS) is 12.0. The Kier molecular flexibility index (Phi) is 6.35. The molecule has 0 N–H and O–H groups in total. The van der Waals surface area contributed by atoms with Crippen molar-refractivity contribution in [1.82, 2.24) is 0 Å². The van der Waals surface area contributed by atoms with Crippen LogP contribution in [0.5, 0.6) is 0 Å². The van der Waals surface area contributed by atoms with Crippen molar-refractivity contribution in [3.05, 3.63) is 111 Å². The third kappa shape index (κ3) is 4.90. The minimum atomic E-state index is -3.93. The highest BCUT2D eigenvalue weighted by Crippen LogP contribution is 2.25. The lowest BCUT2D eigenvalue weighted by atomic mass is 10.1. The van der Waals surface area contributed by atoms with Crippen LogP contribution in [0.25, 0.3) is 6.08 Å². The van der Waals surface area contributed by atoms with Gasteiger partial charge in [0.25, 0.3) is 0 Å². The molecular formula is C22H16Cl2O3S. The fourth-order valence-electron chi connectivity index (χ4n) is 2.64. The van der Waals surface area contributed by atoms with Crippen molar-refractivity contribution in [2.24, 2.45) is 0 Å². The van der Waals surface area contributed by atoms with Crippen LogP contribution in [0.1, 0.15) is 21.5 Å². The lowest BCUT2D eigenvalue weighted by molar-refractivity contribution is 0.104. The number of halogens is 2. The highest BCUT2D eigenvalue weighted by Gasteiger charge is 2.26. The van der Waals surface area contributed by atoms with Gasteiger partial charge in [0, 0.05) is 15.6 Å². The van der Waals surface area contributed by atoms with Crippen molar-refractivity contribution < 1.29 is 13.2 Å². The molecule has 0 atom stereocenters. The molecule has 0 amide bonds. The van der Waals surface area contributed by atoms with Crippen molar-refractivity contribution in [1.29, 1.82) is 0 Å². The molecule has 28 heavy (non-hydrogen) atoms. The van der Waals surface area contributed by atoms with Crippen molar-refractivity contribution >= 4 is 44.9 Å². The fourth-order valence-corrected chi connectivity index (χ4v) is 4.45. The minimum Gasteiger partial charge on any atom is -0.288 e. The highest BCUT2D eigenvalue weighted by atomic mass is 35.5. The van der Waals surface area contributed by atoms with Gasteiger partial charge in [0.1, 0.15) is 4.91 Å². The fraction of sp³-hybridized carbons (Fsp3) is 0.0455. The topological polar surface area (TPSA) is 51.2 Å². The number of allylic oxidation sites excluding steroid dienone is 1. The zero-order valence-corrected chi connectivity index (χ0v) is 17.0. The van der Waals surface area contributed by atoms with Crippen LogP contribution in [0.2, 0.25) is 10.0 Å². The van der Waals surface area contributed by atoms with Gasteiger partial charge in [0.05, 0.1) is 5.75 Å². The van der Waals surface area contributed by atoms with Gasteiger partial charge in [-0.15, -0.1) is 0 Å². The van der Waals surface area contributed by atoms with Gasteiger partial charge in [0.15, 0.2) is 9.84 Å². The maximum absolute atomic E-state index is 13.1. The van der Waals surface area contributed by atoms with Gasteiger partial charge in [-0.1, -0.05) is 71.7 Å². The van der Waals surface area contributed by atoms with E-state index in [2.05, 4.69) is 0 Å². The number of Topliss-reactive ketones (excluding diaryl/α,β-unsaturated/α-hetero) is 1. The number of hydrogen-bond donors (Lipinski definition) is 0. The Labute approximate surface area is 174 Å². The Hall–Kier alpha value is -2.40. The first-order chi connectivity index (χ1) is 13.4. The van der Waals surface area contributed by atoms with E-state index in [4.69, 9.17) is 23.2 Å². The molecule has 0 heterocycles. The summed E-state index contributed by atoms with van der Waals surface area (Å²) < 4.78 is 26.3. The van der Waals surface area contributed by atoms with Gasteiger partial charge in [-0.2, -0.15) is 0 Å². The first kappa shape index (κ1) is 20.3. The van der Waals surface area contributed by atoms with Gasteiger partial charge in [-0.3, -0.25) is 4.79 Å². The summed E-state index contributed by atoms with van der Waals surface area (Å²) in [6.45, 7) is 0. The predicted molar refractivity (Wildman–Crippen MR) is 114 cm³/mol. The van der Waals surface area contributed by atoms with Crippen molar-refractivity contribution in [3.8, 4) is 0 Å². The van der Waals surface area contributed by atoms with Crippen LogP contribution < -0.4 is 0 Å². The number of carbonyl (C=O) groups is 1. The highest BCUT2D eigenvalue weighted by molar-refractivity contribution is 7.95. The van der Waals surface area contributed by atoms with Crippen molar-refractivity contribution in [2.45, 2.75) is 5.75 Å². The Bertz CT molecular complexity index is 1120. The van der Waals surface area contributed by atoms with Crippen LogP contribution in [0.4, 0.5) is 0 Å². The van der Waals surface area contributed by atoms with E-state index in [1.165, 1.54) is 18.2 Å². The number of rotatable bonds is 6. The smallest absolute Gasteiger partial charge is 0.204 e. The molecule has 0 saturated carbocycles. The summed E-state index contributed by atoms with van der Waals surface area (Å²) in [7, 11) is -3.93. The molecule has 3 aromatic rings. The third-order valence-electron chi connectivity index (χ3n) is 4.06. The standard InChI is InChI=1S/C22H16Cl2O3S/c23-19-12-10-17(11-13-19)22(25)21(14-18-8-4-5-9-20(18)24)28(26,27)15-16-6-2-1-3-7-16/h1-14H,15H2/b21-14+. The lowest BCUT2D eigenvalue weighted by Gasteiger charge is -2.10. The molecule has 3 aromatic carbocycles. The first-order valence-electron chi connectivity index (χ1n) is 8.40. The van der Waals surface area contributed by atoms with E-state index in [9.17, 15) is 13.2 Å². The Balaban J connectivity index is 2.10. The van der Waals surface area contributed by atoms with Gasteiger partial charge in [-0.05, 0) is 47.5 Å². The summed E-state index contributed by atoms with van der Waals surface area (Å²) in [4.78, 5) is 12.8. The SMILES string of the molecule is O=C(/C(=C\c1ccccc1Cl)S(=O)(=O)Cc1ccccc1)c1ccc(Cl)cc1. The van der Waals surface area contributed by atoms with Gasteiger partial charge in [-0.25, -0.2) is 8.42 Å². The van der Waals surface area contributed by atoms with Crippen molar-refractivity contribution in [2.75, 3.05) is 0 Å². The molecule has 0 unspecified atom stereocenters. The molecule has 0 fully saturated rings. The third-order valence-corrected chi connectivity index (χ3v) is 6.34. The number of carbonyl (C=O) groups excluding carboxylic acids is 1. The largest absolute Gasteiger partial charge is 0.288 e. The van der Waals surface area contributed by atoms with Crippen LogP contribution in [0.3, 0.4) is 0 Å². The summed E-state index contributed by atoms with van der Waals surface area (Å²) >= 11 is 12.1. The minimum absolute atomic E-state index is 0.236. The summed E-state index contributed by atoms with van der Waals surface area (Å²) in [6.07, 6.45) is 1.33. The molecule has 0 aromatic heterocycles. The molecule has 3 nitrogen and oxygen atoms in total. The van der Waals surface area contributed by atoms with Gasteiger partial charge in [0.2, 0.25) is 5.78 Å².